The minimum absolute atomic E-state index is 0. The number of para-hydroxylation sites is 1. The van der Waals surface area contributed by atoms with E-state index >= 15 is 0 Å². The molecule has 0 aliphatic carbocycles. The molecule has 0 bridgehead atoms. The number of hydrogen-bond acceptors (Lipinski definition) is 4. The van der Waals surface area contributed by atoms with E-state index in [-0.39, 0.29) is 35.5 Å². The van der Waals surface area contributed by atoms with Crippen LogP contribution in [0.5, 0.6) is 5.75 Å². The van der Waals surface area contributed by atoms with Crippen molar-refractivity contribution in [1.29, 1.82) is 0 Å². The van der Waals surface area contributed by atoms with Gasteiger partial charge in [0.25, 0.3) is 5.91 Å². The van der Waals surface area contributed by atoms with Crippen LogP contribution in [0.2, 0.25) is 0 Å². The van der Waals surface area contributed by atoms with Crippen molar-refractivity contribution in [1.82, 2.24) is 5.32 Å². The predicted molar refractivity (Wildman–Crippen MR) is 85.5 cm³/mol. The summed E-state index contributed by atoms with van der Waals surface area (Å²) < 4.78 is 0. The molecule has 126 valence electrons. The molecular weight excluding hydrogens is 319 g/mol. The van der Waals surface area contributed by atoms with Gasteiger partial charge in [0.05, 0.1) is 6.02 Å². The minimum Gasteiger partial charge on any atom is -0.846 e. The Bertz CT molecular complexity index is 577. The number of rotatable bonds is 4. The van der Waals surface area contributed by atoms with Gasteiger partial charge in [-0.05, 0) is 30.9 Å². The molecule has 1 aromatic carbocycles. The van der Waals surface area contributed by atoms with Gasteiger partial charge in [-0.2, -0.15) is 0 Å². The van der Waals surface area contributed by atoms with Gasteiger partial charge in [-0.15, -0.1) is 0 Å². The molecule has 2 unspecified atom stereocenters. The van der Waals surface area contributed by atoms with Crippen molar-refractivity contribution in [3.63, 3.8) is 0 Å². The second kappa shape index (κ2) is 10.5. The Kier molecular flexibility index (Phi) is 9.89. The summed E-state index contributed by atoms with van der Waals surface area (Å²) >= 11 is 0. The third-order valence-electron chi connectivity index (χ3n) is 4.09. The number of carbonyl (C=O) groups is 2. The van der Waals surface area contributed by atoms with Gasteiger partial charge in [0, 0.05) is 0 Å². The van der Waals surface area contributed by atoms with Crippen molar-refractivity contribution < 1.29 is 49.4 Å². The fraction of sp³-hybridized carbons (Fsp3) is 0.471. The van der Waals surface area contributed by atoms with E-state index in [0.717, 1.165) is 12.8 Å². The number of hydrogen-bond donors (Lipinski definition) is 2. The smallest absolute Gasteiger partial charge is 0.846 e. The molecule has 2 rings (SSSR count). The molecule has 0 radical (unpaired) electrons. The average molecular weight is 342 g/mol. The van der Waals surface area contributed by atoms with Gasteiger partial charge in [0.15, 0.2) is 0 Å². The Morgan fingerprint density at radius 2 is 1.83 bits per heavy atom. The number of aliphatic imine (C=N–C) groups is 1. The summed E-state index contributed by atoms with van der Waals surface area (Å²) in [6, 6.07) is 7.87. The summed E-state index contributed by atoms with van der Waals surface area (Å²) in [6.07, 6.45) is 2.02. The van der Waals surface area contributed by atoms with E-state index in [1.165, 1.54) is 0 Å². The van der Waals surface area contributed by atoms with Crippen molar-refractivity contribution in [2.45, 2.75) is 40.0 Å². The normalized spacial score (nSPS) is 20.7. The Labute approximate surface area is 164 Å². The average Bonchev–Trinajstić information content (AvgIpc) is 2.49. The van der Waals surface area contributed by atoms with Gasteiger partial charge >= 0.3 is 29.6 Å². The number of benzene rings is 1. The maximum absolute atomic E-state index is 11.9. The molecule has 1 heterocycles. The van der Waals surface area contributed by atoms with Crippen LogP contribution in [0.3, 0.4) is 0 Å². The van der Waals surface area contributed by atoms with Crippen LogP contribution >= 0.6 is 0 Å². The standard InChI is InChI=1S/C11H18N2O3.C6H6O.Na/c1-4-6-7(3)11(5-2)8(14)12-10(16)13-9(11)15;7-6-4-2-1-3-5-6;/h7H,4-6H2,1-3H3,(H2,12,13,14,15,16);1-5,7H;/q;;+1/p-1. The molecule has 6 nitrogen and oxygen atoms in total. The first-order valence-electron chi connectivity index (χ1n) is 7.74. The van der Waals surface area contributed by atoms with E-state index < -0.39 is 23.3 Å². The van der Waals surface area contributed by atoms with Crippen LogP contribution in [0.15, 0.2) is 35.3 Å². The molecule has 24 heavy (non-hydrogen) atoms. The largest absolute Gasteiger partial charge is 1.00 e. The van der Waals surface area contributed by atoms with Crippen LogP contribution < -0.4 is 40.0 Å². The van der Waals surface area contributed by atoms with Gasteiger partial charge in [-0.1, -0.05) is 45.4 Å². The van der Waals surface area contributed by atoms with Gasteiger partial charge in [0.1, 0.15) is 11.2 Å². The van der Waals surface area contributed by atoms with Crippen LogP contribution in [0.1, 0.15) is 40.0 Å². The molecule has 0 fully saturated rings. The number of nitrogens with one attached hydrogen (secondary N) is 1. The molecule has 7 heteroatoms. The van der Waals surface area contributed by atoms with E-state index in [9.17, 15) is 14.7 Å². The third kappa shape index (κ3) is 5.33. The molecular formula is C17H23N2NaO4. The monoisotopic (exact) mass is 342 g/mol. The molecule has 1 aliphatic heterocycles. The molecule has 2 amide bonds. The zero-order valence-electron chi connectivity index (χ0n) is 14.7. The SMILES string of the molecule is CCCC(C)C1(CC)C(=O)N=C([O-])NC1=O.Oc1ccccc1.[Na+]. The van der Waals surface area contributed by atoms with Crippen molar-refractivity contribution >= 4 is 17.8 Å². The van der Waals surface area contributed by atoms with Crippen LogP contribution in [-0.4, -0.2) is 22.9 Å². The maximum Gasteiger partial charge on any atom is 1.00 e. The number of carbonyl (C=O) groups excluding carboxylic acids is 2. The van der Waals surface area contributed by atoms with Crippen LogP contribution in [-0.2, 0) is 9.59 Å². The first-order chi connectivity index (χ1) is 10.9. The van der Waals surface area contributed by atoms with Crippen LogP contribution in [0.4, 0.5) is 0 Å². The van der Waals surface area contributed by atoms with Crippen molar-refractivity contribution in [3.05, 3.63) is 30.3 Å². The van der Waals surface area contributed by atoms with Gasteiger partial charge in [0.2, 0.25) is 5.91 Å². The second-order valence-electron chi connectivity index (χ2n) is 5.53. The van der Waals surface area contributed by atoms with Crippen molar-refractivity contribution in [2.75, 3.05) is 0 Å². The molecule has 0 saturated carbocycles. The fourth-order valence-corrected chi connectivity index (χ4v) is 2.73. The number of amides is 2. The molecule has 0 aromatic heterocycles. The first kappa shape index (κ1) is 22.6. The van der Waals surface area contributed by atoms with Crippen LogP contribution in [0, 0.1) is 11.3 Å². The summed E-state index contributed by atoms with van der Waals surface area (Å²) in [7, 11) is 0. The second-order valence-corrected chi connectivity index (χ2v) is 5.53. The Morgan fingerprint density at radius 3 is 2.21 bits per heavy atom. The molecule has 0 saturated heterocycles. The number of aromatic hydroxyl groups is 1. The van der Waals surface area contributed by atoms with E-state index in [4.69, 9.17) is 5.11 Å². The number of amidine groups is 1. The van der Waals surface area contributed by atoms with Gasteiger partial charge in [-0.25, -0.2) is 4.99 Å². The summed E-state index contributed by atoms with van der Waals surface area (Å²) in [4.78, 5) is 27.1. The summed E-state index contributed by atoms with van der Waals surface area (Å²) in [6.45, 7) is 5.62. The number of nitrogens with zero attached hydrogens (tertiary/aromatic N) is 1. The Balaban J connectivity index is 0.000000555. The topological polar surface area (TPSA) is 102 Å². The molecule has 1 aromatic rings. The van der Waals surface area contributed by atoms with E-state index in [1.807, 2.05) is 19.9 Å². The predicted octanol–water partition coefficient (Wildman–Crippen LogP) is -1.41. The zero-order chi connectivity index (χ0) is 17.5. The summed E-state index contributed by atoms with van der Waals surface area (Å²) in [5, 5.41) is 21.7. The Morgan fingerprint density at radius 1 is 1.25 bits per heavy atom. The summed E-state index contributed by atoms with van der Waals surface area (Å²) in [5.74, 6) is -0.875. The Hall–Kier alpha value is -1.37. The third-order valence-corrected chi connectivity index (χ3v) is 4.09. The van der Waals surface area contributed by atoms with E-state index in [0.29, 0.717) is 12.2 Å². The van der Waals surface area contributed by atoms with E-state index in [1.54, 1.807) is 31.2 Å². The quantitative estimate of drug-likeness (QED) is 0.518. The molecule has 2 atom stereocenters. The zero-order valence-corrected chi connectivity index (χ0v) is 16.7. The number of phenolic OH excluding ortho intramolecular Hbond substituents is 1. The fourth-order valence-electron chi connectivity index (χ4n) is 2.73. The van der Waals surface area contributed by atoms with Crippen molar-refractivity contribution in [2.24, 2.45) is 16.3 Å². The van der Waals surface area contributed by atoms with Gasteiger partial charge in [-0.3, -0.25) is 9.59 Å². The molecule has 1 aliphatic rings. The van der Waals surface area contributed by atoms with Crippen molar-refractivity contribution in [3.8, 4) is 5.75 Å². The molecule has 2 N–H and O–H groups in total. The summed E-state index contributed by atoms with van der Waals surface area (Å²) in [5.41, 5.74) is -1.15. The van der Waals surface area contributed by atoms with Crippen LogP contribution in [0.25, 0.3) is 0 Å². The maximum atomic E-state index is 11.9. The number of phenols is 1. The first-order valence-corrected chi connectivity index (χ1v) is 7.74. The van der Waals surface area contributed by atoms with E-state index in [2.05, 4.69) is 10.3 Å². The molecule has 0 spiro atoms. The minimum atomic E-state index is -1.15. The van der Waals surface area contributed by atoms with Gasteiger partial charge < -0.3 is 15.5 Å².